The molecule has 176 valence electrons. The first-order valence-electron chi connectivity index (χ1n) is 11.2. The standard InChI is InChI=1S/C23H34N4O5/c1-4-6-12-32-21(29)14-19-23(31)24-10-11-27(19)15-20(28)26-18-9-7-8-17(13-18)22(30)25-16(3)5-2/h7-9,13,16,19H,4-6,10-12,14-15H2,1-3H3,(H,24,31)(H,25,30)(H,26,28). The molecule has 1 saturated heterocycles. The molecule has 2 atom stereocenters. The molecule has 1 aromatic rings. The minimum atomic E-state index is -0.753. The zero-order valence-corrected chi connectivity index (χ0v) is 19.1. The van der Waals surface area contributed by atoms with Crippen LogP contribution in [0.5, 0.6) is 0 Å². The van der Waals surface area contributed by atoms with Crippen molar-refractivity contribution < 1.29 is 23.9 Å². The van der Waals surface area contributed by atoms with E-state index in [-0.39, 0.29) is 36.7 Å². The molecule has 0 bridgehead atoms. The summed E-state index contributed by atoms with van der Waals surface area (Å²) in [4.78, 5) is 51.0. The SMILES string of the molecule is CCCCOC(=O)CC1C(=O)NCCN1CC(=O)Nc1cccc(C(=O)NC(C)CC)c1. The maximum atomic E-state index is 12.6. The number of ether oxygens (including phenoxy) is 1. The van der Waals surface area contributed by atoms with Gasteiger partial charge in [0.25, 0.3) is 5.91 Å². The van der Waals surface area contributed by atoms with Crippen LogP contribution in [-0.2, 0) is 19.1 Å². The smallest absolute Gasteiger partial charge is 0.307 e. The predicted octanol–water partition coefficient (Wildman–Crippen LogP) is 1.69. The maximum Gasteiger partial charge on any atom is 0.307 e. The molecule has 32 heavy (non-hydrogen) atoms. The Hall–Kier alpha value is -2.94. The van der Waals surface area contributed by atoms with Crippen molar-refractivity contribution in [2.75, 3.05) is 31.6 Å². The summed E-state index contributed by atoms with van der Waals surface area (Å²) in [6.07, 6.45) is 2.39. The van der Waals surface area contributed by atoms with Gasteiger partial charge in [-0.25, -0.2) is 0 Å². The molecule has 1 aliphatic heterocycles. The predicted molar refractivity (Wildman–Crippen MR) is 121 cm³/mol. The molecule has 0 aliphatic carbocycles. The topological polar surface area (TPSA) is 117 Å². The Kier molecular flexibility index (Phi) is 10.1. The Morgan fingerprint density at radius 2 is 2.06 bits per heavy atom. The summed E-state index contributed by atoms with van der Waals surface area (Å²) >= 11 is 0. The molecule has 0 spiro atoms. The summed E-state index contributed by atoms with van der Waals surface area (Å²) in [6, 6.07) is 5.99. The second-order valence-electron chi connectivity index (χ2n) is 7.97. The molecule has 0 aromatic heterocycles. The number of rotatable bonds is 11. The molecule has 9 heteroatoms. The highest BCUT2D eigenvalue weighted by molar-refractivity contribution is 5.98. The van der Waals surface area contributed by atoms with Crippen molar-refractivity contribution in [1.82, 2.24) is 15.5 Å². The van der Waals surface area contributed by atoms with Crippen LogP contribution in [0.3, 0.4) is 0 Å². The number of amides is 3. The van der Waals surface area contributed by atoms with Crippen molar-refractivity contribution in [3.8, 4) is 0 Å². The summed E-state index contributed by atoms with van der Waals surface area (Å²) in [5.74, 6) is -1.28. The van der Waals surface area contributed by atoms with Gasteiger partial charge in [-0.05, 0) is 38.0 Å². The van der Waals surface area contributed by atoms with Crippen molar-refractivity contribution in [2.24, 2.45) is 0 Å². The number of nitrogens with one attached hydrogen (secondary N) is 3. The minimum Gasteiger partial charge on any atom is -0.466 e. The molecule has 3 N–H and O–H groups in total. The highest BCUT2D eigenvalue weighted by Gasteiger charge is 2.33. The lowest BCUT2D eigenvalue weighted by Gasteiger charge is -2.33. The normalized spacial score (nSPS) is 17.2. The van der Waals surface area contributed by atoms with Crippen molar-refractivity contribution in [2.45, 2.75) is 58.5 Å². The van der Waals surface area contributed by atoms with Gasteiger partial charge < -0.3 is 20.7 Å². The second-order valence-corrected chi connectivity index (χ2v) is 7.97. The summed E-state index contributed by atoms with van der Waals surface area (Å²) < 4.78 is 5.17. The summed E-state index contributed by atoms with van der Waals surface area (Å²) in [5, 5.41) is 8.40. The van der Waals surface area contributed by atoms with Gasteiger partial charge in [0.2, 0.25) is 11.8 Å². The van der Waals surface area contributed by atoms with Crippen molar-refractivity contribution in [1.29, 1.82) is 0 Å². The lowest BCUT2D eigenvalue weighted by atomic mass is 10.1. The number of nitrogens with zero attached hydrogens (tertiary/aromatic N) is 1. The third-order valence-electron chi connectivity index (χ3n) is 5.31. The number of benzene rings is 1. The van der Waals surface area contributed by atoms with E-state index >= 15 is 0 Å². The van der Waals surface area contributed by atoms with E-state index < -0.39 is 12.0 Å². The average Bonchev–Trinajstić information content (AvgIpc) is 2.76. The summed E-state index contributed by atoms with van der Waals surface area (Å²) in [7, 11) is 0. The number of piperazine rings is 1. The Labute approximate surface area is 189 Å². The number of carbonyl (C=O) groups is 4. The first-order chi connectivity index (χ1) is 15.3. The molecule has 3 amide bonds. The Balaban J connectivity index is 1.96. The fourth-order valence-corrected chi connectivity index (χ4v) is 3.25. The van der Waals surface area contributed by atoms with Gasteiger partial charge >= 0.3 is 5.97 Å². The number of esters is 1. The fraction of sp³-hybridized carbons (Fsp3) is 0.565. The Morgan fingerprint density at radius 1 is 1.28 bits per heavy atom. The van der Waals surface area contributed by atoms with E-state index in [1.54, 1.807) is 29.2 Å². The monoisotopic (exact) mass is 446 g/mol. The lowest BCUT2D eigenvalue weighted by Crippen LogP contribution is -2.57. The van der Waals surface area contributed by atoms with Crippen molar-refractivity contribution in [3.63, 3.8) is 0 Å². The number of unbranched alkanes of at least 4 members (excludes halogenated alkanes) is 1. The minimum absolute atomic E-state index is 0.0520. The Morgan fingerprint density at radius 3 is 2.78 bits per heavy atom. The van der Waals surface area contributed by atoms with Crippen LogP contribution in [0.2, 0.25) is 0 Å². The molecule has 2 rings (SSSR count). The van der Waals surface area contributed by atoms with Crippen molar-refractivity contribution >= 4 is 29.4 Å². The van der Waals surface area contributed by atoms with Crippen LogP contribution in [0.4, 0.5) is 5.69 Å². The molecule has 9 nitrogen and oxygen atoms in total. The van der Waals surface area contributed by atoms with Gasteiger partial charge in [0.05, 0.1) is 19.6 Å². The Bertz CT molecular complexity index is 813. The van der Waals surface area contributed by atoms with Crippen LogP contribution in [0.25, 0.3) is 0 Å². The molecular formula is C23H34N4O5. The van der Waals surface area contributed by atoms with E-state index in [1.165, 1.54) is 0 Å². The zero-order valence-electron chi connectivity index (χ0n) is 19.1. The largest absolute Gasteiger partial charge is 0.466 e. The van der Waals surface area contributed by atoms with E-state index in [4.69, 9.17) is 4.74 Å². The highest BCUT2D eigenvalue weighted by Crippen LogP contribution is 2.14. The molecule has 1 aromatic carbocycles. The van der Waals surface area contributed by atoms with Crippen LogP contribution >= 0.6 is 0 Å². The highest BCUT2D eigenvalue weighted by atomic mass is 16.5. The molecule has 1 fully saturated rings. The first-order valence-corrected chi connectivity index (χ1v) is 11.2. The summed E-state index contributed by atoms with van der Waals surface area (Å²) in [5.41, 5.74) is 0.942. The van der Waals surface area contributed by atoms with Crippen LogP contribution in [0.15, 0.2) is 24.3 Å². The van der Waals surface area contributed by atoms with Crippen LogP contribution in [-0.4, -0.2) is 66.9 Å². The van der Waals surface area contributed by atoms with Gasteiger partial charge in [0.15, 0.2) is 0 Å². The van der Waals surface area contributed by atoms with Crippen LogP contribution in [0, 0.1) is 0 Å². The van der Waals surface area contributed by atoms with Gasteiger partial charge in [0, 0.05) is 30.4 Å². The van der Waals surface area contributed by atoms with Gasteiger partial charge in [-0.3, -0.25) is 24.1 Å². The number of hydrogen-bond donors (Lipinski definition) is 3. The van der Waals surface area contributed by atoms with Gasteiger partial charge in [-0.1, -0.05) is 26.3 Å². The lowest BCUT2D eigenvalue weighted by molar-refractivity contribution is -0.149. The summed E-state index contributed by atoms with van der Waals surface area (Å²) in [6.45, 7) is 7.03. The van der Waals surface area contributed by atoms with Gasteiger partial charge in [-0.15, -0.1) is 0 Å². The molecule has 1 aliphatic rings. The first kappa shape index (κ1) is 25.3. The molecule has 0 radical (unpaired) electrons. The molecular weight excluding hydrogens is 412 g/mol. The maximum absolute atomic E-state index is 12.6. The van der Waals surface area contributed by atoms with E-state index in [0.29, 0.717) is 30.9 Å². The number of anilines is 1. The zero-order chi connectivity index (χ0) is 23.5. The molecule has 1 heterocycles. The van der Waals surface area contributed by atoms with Crippen LogP contribution < -0.4 is 16.0 Å². The second kappa shape index (κ2) is 12.8. The molecule has 0 saturated carbocycles. The van der Waals surface area contributed by atoms with Crippen LogP contribution in [0.1, 0.15) is 56.8 Å². The number of hydrogen-bond acceptors (Lipinski definition) is 6. The quantitative estimate of drug-likeness (QED) is 0.352. The third-order valence-corrected chi connectivity index (χ3v) is 5.31. The van der Waals surface area contributed by atoms with Gasteiger partial charge in [-0.2, -0.15) is 0 Å². The van der Waals surface area contributed by atoms with E-state index in [9.17, 15) is 19.2 Å². The van der Waals surface area contributed by atoms with Gasteiger partial charge in [0.1, 0.15) is 6.04 Å². The van der Waals surface area contributed by atoms with E-state index in [1.807, 2.05) is 20.8 Å². The van der Waals surface area contributed by atoms with E-state index in [0.717, 1.165) is 19.3 Å². The fourth-order valence-electron chi connectivity index (χ4n) is 3.25. The third kappa shape index (κ3) is 7.96. The van der Waals surface area contributed by atoms with E-state index in [2.05, 4.69) is 16.0 Å². The molecule has 2 unspecified atom stereocenters. The number of carbonyl (C=O) groups excluding carboxylic acids is 4. The average molecular weight is 447 g/mol. The van der Waals surface area contributed by atoms with Crippen molar-refractivity contribution in [3.05, 3.63) is 29.8 Å².